The molecular weight excluding hydrogens is 172 g/mol. The Hall–Kier alpha value is -0.700. The van der Waals surface area contributed by atoms with Crippen LogP contribution >= 0.6 is 11.9 Å². The van der Waals surface area contributed by atoms with Crippen LogP contribution in [0.4, 0.5) is 0 Å². The van der Waals surface area contributed by atoms with Gasteiger partial charge in [0.25, 0.3) is 0 Å². The van der Waals surface area contributed by atoms with Gasteiger partial charge >= 0.3 is 0 Å². The minimum Gasteiger partial charge on any atom is -0.380 e. The predicted molar refractivity (Wildman–Crippen MR) is 45.8 cm³/mol. The van der Waals surface area contributed by atoms with Crippen LogP contribution < -0.4 is 0 Å². The monoisotopic (exact) mass is 182 g/mol. The molecular formula is C9H10O2S. The molecule has 0 N–H and O–H groups in total. The summed E-state index contributed by atoms with van der Waals surface area (Å²) >= 11 is 1.05. The average Bonchev–Trinajstić information content (AvgIpc) is 2.58. The highest BCUT2D eigenvalue weighted by molar-refractivity contribution is 6.93. The fraction of sp³-hybridized carbons (Fsp3) is 0.556. The number of fused-ring (bicyclic) bond motifs is 5. The topological polar surface area (TPSA) is 26.3 Å². The minimum atomic E-state index is 0.753. The molecule has 2 nitrogen and oxygen atoms in total. The van der Waals surface area contributed by atoms with Crippen molar-refractivity contribution in [2.45, 2.75) is 31.1 Å². The Kier molecular flexibility index (Phi) is 1.35. The van der Waals surface area contributed by atoms with E-state index in [2.05, 4.69) is 0 Å². The molecule has 1 aromatic rings. The van der Waals surface area contributed by atoms with Crippen LogP contribution in [0.15, 0.2) is 20.2 Å². The van der Waals surface area contributed by atoms with Crippen LogP contribution in [0.1, 0.15) is 42.2 Å². The molecule has 1 aromatic heterocycles. The van der Waals surface area contributed by atoms with Crippen LogP contribution in [-0.4, -0.2) is 0 Å². The molecule has 0 radical (unpaired) electrons. The van der Waals surface area contributed by atoms with Crippen LogP contribution in [0, 0.1) is 0 Å². The van der Waals surface area contributed by atoms with Crippen molar-refractivity contribution in [2.24, 2.45) is 0 Å². The van der Waals surface area contributed by atoms with Crippen molar-refractivity contribution in [1.82, 2.24) is 0 Å². The van der Waals surface area contributed by atoms with Gasteiger partial charge in [-0.3, -0.25) is 0 Å². The first-order chi connectivity index (χ1) is 5.95. The quantitative estimate of drug-likeness (QED) is 0.614. The maximum atomic E-state index is 5.14. The number of hydrogen-bond acceptors (Lipinski definition) is 3. The molecule has 3 heteroatoms. The Balaban J connectivity index is 2.25. The van der Waals surface area contributed by atoms with E-state index >= 15 is 0 Å². The van der Waals surface area contributed by atoms with Crippen molar-refractivity contribution >= 4 is 11.9 Å². The zero-order chi connectivity index (χ0) is 7.97. The Morgan fingerprint density at radius 2 is 1.67 bits per heavy atom. The second kappa shape index (κ2) is 2.39. The molecule has 64 valence electrons. The van der Waals surface area contributed by atoms with E-state index in [1.165, 1.54) is 30.4 Å². The lowest BCUT2D eigenvalue weighted by Gasteiger charge is -2.08. The molecule has 0 saturated heterocycles. The summed E-state index contributed by atoms with van der Waals surface area (Å²) in [4.78, 5) is 0. The Labute approximate surface area is 75.0 Å². The molecule has 0 aliphatic heterocycles. The summed E-state index contributed by atoms with van der Waals surface area (Å²) in [6.07, 6.45) is 7.72. The van der Waals surface area contributed by atoms with E-state index < -0.39 is 0 Å². The molecule has 0 amide bonds. The SMILES string of the molecule is c1osocc2c1C1CCC2C1. The Bertz CT molecular complexity index is 302. The van der Waals surface area contributed by atoms with Crippen LogP contribution in [-0.2, 0) is 0 Å². The molecule has 2 aliphatic carbocycles. The lowest BCUT2D eigenvalue weighted by Crippen LogP contribution is -1.94. The second-order valence-electron chi connectivity index (χ2n) is 3.61. The lowest BCUT2D eigenvalue weighted by atomic mass is 9.95. The fourth-order valence-corrected chi connectivity index (χ4v) is 2.84. The fourth-order valence-electron chi connectivity index (χ4n) is 2.51. The molecule has 1 saturated carbocycles. The molecule has 2 atom stereocenters. The van der Waals surface area contributed by atoms with Crippen LogP contribution in [0.25, 0.3) is 0 Å². The van der Waals surface area contributed by atoms with Gasteiger partial charge in [0.2, 0.25) is 11.9 Å². The van der Waals surface area contributed by atoms with Crippen molar-refractivity contribution in [1.29, 1.82) is 0 Å². The highest BCUT2D eigenvalue weighted by Gasteiger charge is 2.37. The zero-order valence-electron chi connectivity index (χ0n) is 6.66. The summed E-state index contributed by atoms with van der Waals surface area (Å²) in [6.45, 7) is 0. The standard InChI is InChI=1S/C9H10O2S/c1-2-7-3-6(1)8-4-10-12-11-5-9(7)8/h4-7H,1-3H2. The van der Waals surface area contributed by atoms with E-state index in [0.29, 0.717) is 0 Å². The molecule has 2 unspecified atom stereocenters. The van der Waals surface area contributed by atoms with Crippen LogP contribution in [0.3, 0.4) is 0 Å². The van der Waals surface area contributed by atoms with Gasteiger partial charge < -0.3 is 7.70 Å². The molecule has 3 rings (SSSR count). The normalized spacial score (nSPS) is 30.3. The highest BCUT2D eigenvalue weighted by atomic mass is 32.1. The van der Waals surface area contributed by atoms with E-state index in [9.17, 15) is 0 Å². The van der Waals surface area contributed by atoms with E-state index in [0.717, 1.165) is 23.8 Å². The minimum absolute atomic E-state index is 0.753. The van der Waals surface area contributed by atoms with Gasteiger partial charge in [0.05, 0.1) is 0 Å². The van der Waals surface area contributed by atoms with Gasteiger partial charge in [0.1, 0.15) is 12.5 Å². The third-order valence-electron chi connectivity index (χ3n) is 3.07. The number of rotatable bonds is 0. The van der Waals surface area contributed by atoms with Gasteiger partial charge in [0, 0.05) is 0 Å². The van der Waals surface area contributed by atoms with Gasteiger partial charge in [-0.25, -0.2) is 0 Å². The van der Waals surface area contributed by atoms with Crippen molar-refractivity contribution in [2.75, 3.05) is 0 Å². The molecule has 2 aliphatic rings. The van der Waals surface area contributed by atoms with Crippen LogP contribution in [0.5, 0.6) is 0 Å². The Morgan fingerprint density at radius 1 is 1.08 bits per heavy atom. The molecule has 1 heterocycles. The molecule has 2 bridgehead atoms. The van der Waals surface area contributed by atoms with E-state index in [-0.39, 0.29) is 0 Å². The summed E-state index contributed by atoms with van der Waals surface area (Å²) < 4.78 is 10.3. The smallest absolute Gasteiger partial charge is 0.241 e. The molecule has 1 fully saturated rings. The highest BCUT2D eigenvalue weighted by Crippen LogP contribution is 2.52. The number of hydrogen-bond donors (Lipinski definition) is 0. The van der Waals surface area contributed by atoms with Crippen LogP contribution in [0.2, 0.25) is 0 Å². The average molecular weight is 182 g/mol. The summed E-state index contributed by atoms with van der Waals surface area (Å²) in [5.74, 6) is 1.51. The summed E-state index contributed by atoms with van der Waals surface area (Å²) in [5.41, 5.74) is 2.77. The van der Waals surface area contributed by atoms with Gasteiger partial charge in [-0.1, -0.05) is 0 Å². The first kappa shape index (κ1) is 6.78. The van der Waals surface area contributed by atoms with Crippen molar-refractivity contribution in [3.05, 3.63) is 23.7 Å². The second-order valence-corrected chi connectivity index (χ2v) is 4.13. The van der Waals surface area contributed by atoms with Crippen molar-refractivity contribution in [3.63, 3.8) is 0 Å². The largest absolute Gasteiger partial charge is 0.380 e. The third kappa shape index (κ3) is 0.800. The van der Waals surface area contributed by atoms with Gasteiger partial charge in [-0.15, -0.1) is 0 Å². The van der Waals surface area contributed by atoms with Gasteiger partial charge in [-0.2, -0.15) is 0 Å². The zero-order valence-corrected chi connectivity index (χ0v) is 7.47. The van der Waals surface area contributed by atoms with Crippen molar-refractivity contribution < 1.29 is 7.70 Å². The van der Waals surface area contributed by atoms with E-state index in [1.54, 1.807) is 0 Å². The van der Waals surface area contributed by atoms with E-state index in [4.69, 9.17) is 7.70 Å². The van der Waals surface area contributed by atoms with Gasteiger partial charge in [-0.05, 0) is 42.2 Å². The first-order valence-electron chi connectivity index (χ1n) is 4.34. The lowest BCUT2D eigenvalue weighted by molar-refractivity contribution is 0.589. The van der Waals surface area contributed by atoms with Gasteiger partial charge in [0.15, 0.2) is 0 Å². The summed E-state index contributed by atoms with van der Waals surface area (Å²) in [6, 6.07) is 0. The molecule has 0 spiro atoms. The summed E-state index contributed by atoms with van der Waals surface area (Å²) in [7, 11) is 0. The molecule has 12 heavy (non-hydrogen) atoms. The Morgan fingerprint density at radius 3 is 2.25 bits per heavy atom. The predicted octanol–water partition coefficient (Wildman–Crippen LogP) is 3.42. The summed E-state index contributed by atoms with van der Waals surface area (Å²) in [5, 5.41) is 0. The maximum absolute atomic E-state index is 5.14. The first-order valence-corrected chi connectivity index (χ1v) is 5.01. The maximum Gasteiger partial charge on any atom is 0.241 e. The third-order valence-corrected chi connectivity index (χ3v) is 3.42. The van der Waals surface area contributed by atoms with Crippen molar-refractivity contribution in [3.8, 4) is 0 Å². The van der Waals surface area contributed by atoms with E-state index in [1.807, 2.05) is 12.5 Å². The molecule has 0 aromatic carbocycles.